The molecular formula is C10H11N3S. The van der Waals surface area contributed by atoms with Gasteiger partial charge in [-0.1, -0.05) is 30.3 Å². The van der Waals surface area contributed by atoms with Crippen molar-refractivity contribution >= 4 is 12.2 Å². The Kier molecular flexibility index (Phi) is 2.45. The minimum atomic E-state index is 0.744. The predicted octanol–water partition coefficient (Wildman–Crippen LogP) is 2.00. The number of rotatable bonds is 2. The van der Waals surface area contributed by atoms with E-state index in [-0.39, 0.29) is 0 Å². The minimum Gasteiger partial charge on any atom is -0.302 e. The van der Waals surface area contributed by atoms with Gasteiger partial charge in [0, 0.05) is 7.05 Å². The second-order valence-corrected chi connectivity index (χ2v) is 3.52. The molecule has 0 atom stereocenters. The third-order valence-corrected chi connectivity index (χ3v) is 2.58. The zero-order chi connectivity index (χ0) is 9.97. The van der Waals surface area contributed by atoms with Gasteiger partial charge in [-0.05, 0) is 17.8 Å². The van der Waals surface area contributed by atoms with Crippen LogP contribution in [-0.2, 0) is 13.6 Å². The van der Waals surface area contributed by atoms with E-state index in [2.05, 4.69) is 17.2 Å². The summed E-state index contributed by atoms with van der Waals surface area (Å²) in [5.74, 6) is 0. The molecule has 4 heteroatoms. The van der Waals surface area contributed by atoms with Gasteiger partial charge in [0.2, 0.25) is 0 Å². The maximum absolute atomic E-state index is 5.19. The Morgan fingerprint density at radius 3 is 2.57 bits per heavy atom. The van der Waals surface area contributed by atoms with Crippen LogP contribution in [-0.4, -0.2) is 14.3 Å². The third kappa shape index (κ3) is 1.75. The van der Waals surface area contributed by atoms with Crippen LogP contribution in [0, 0.1) is 4.77 Å². The van der Waals surface area contributed by atoms with Crippen LogP contribution in [0.2, 0.25) is 0 Å². The van der Waals surface area contributed by atoms with Gasteiger partial charge in [-0.2, -0.15) is 5.10 Å². The average molecular weight is 205 g/mol. The highest BCUT2D eigenvalue weighted by molar-refractivity contribution is 7.71. The van der Waals surface area contributed by atoms with Gasteiger partial charge in [0.1, 0.15) is 6.33 Å². The summed E-state index contributed by atoms with van der Waals surface area (Å²) in [7, 11) is 1.85. The lowest BCUT2D eigenvalue weighted by Crippen LogP contribution is -1.99. The topological polar surface area (TPSA) is 22.8 Å². The highest BCUT2D eigenvalue weighted by Gasteiger charge is 1.97. The van der Waals surface area contributed by atoms with E-state index in [0.717, 1.165) is 11.3 Å². The summed E-state index contributed by atoms with van der Waals surface area (Å²) in [6.45, 7) is 0.785. The van der Waals surface area contributed by atoms with Crippen molar-refractivity contribution in [3.05, 3.63) is 47.0 Å². The molecule has 0 aliphatic rings. The standard InChI is InChI=1S/C10H11N3S/c1-12-10(14)13(8-11-12)7-9-5-3-2-4-6-9/h2-6,8H,7H2,1H3. The smallest absolute Gasteiger partial charge is 0.197 e. The normalized spacial score (nSPS) is 10.4. The van der Waals surface area contributed by atoms with Crippen molar-refractivity contribution in [1.82, 2.24) is 14.3 Å². The molecule has 1 heterocycles. The molecule has 2 aromatic rings. The van der Waals surface area contributed by atoms with Gasteiger partial charge in [0.05, 0.1) is 6.54 Å². The molecule has 0 amide bonds. The summed E-state index contributed by atoms with van der Waals surface area (Å²) in [4.78, 5) is 0. The highest BCUT2D eigenvalue weighted by Crippen LogP contribution is 2.02. The Bertz CT molecular complexity index is 470. The average Bonchev–Trinajstić information content (AvgIpc) is 2.52. The lowest BCUT2D eigenvalue weighted by Gasteiger charge is -2.00. The van der Waals surface area contributed by atoms with Gasteiger partial charge < -0.3 is 4.57 Å². The monoisotopic (exact) mass is 205 g/mol. The first-order chi connectivity index (χ1) is 6.77. The molecule has 0 saturated carbocycles. The molecular weight excluding hydrogens is 194 g/mol. The number of hydrogen-bond donors (Lipinski definition) is 0. The van der Waals surface area contributed by atoms with Crippen LogP contribution in [0.4, 0.5) is 0 Å². The molecule has 0 aliphatic carbocycles. The largest absolute Gasteiger partial charge is 0.302 e. The molecule has 0 N–H and O–H groups in total. The van der Waals surface area contributed by atoms with Crippen LogP contribution < -0.4 is 0 Å². The summed E-state index contributed by atoms with van der Waals surface area (Å²) in [6.07, 6.45) is 1.76. The zero-order valence-electron chi connectivity index (χ0n) is 7.92. The van der Waals surface area contributed by atoms with Gasteiger partial charge in [0.25, 0.3) is 0 Å². The molecule has 0 spiro atoms. The summed E-state index contributed by atoms with van der Waals surface area (Å²) in [5, 5.41) is 4.09. The lowest BCUT2D eigenvalue weighted by atomic mass is 10.2. The second kappa shape index (κ2) is 3.75. The molecule has 0 aliphatic heterocycles. The van der Waals surface area contributed by atoms with Crippen molar-refractivity contribution in [2.24, 2.45) is 7.05 Å². The Labute approximate surface area is 87.6 Å². The van der Waals surface area contributed by atoms with Crippen molar-refractivity contribution in [3.8, 4) is 0 Å². The number of aromatic nitrogens is 3. The van der Waals surface area contributed by atoms with Crippen molar-refractivity contribution < 1.29 is 0 Å². The van der Waals surface area contributed by atoms with Crippen molar-refractivity contribution in [1.29, 1.82) is 0 Å². The van der Waals surface area contributed by atoms with Gasteiger partial charge in [-0.3, -0.25) is 0 Å². The van der Waals surface area contributed by atoms with Crippen LogP contribution >= 0.6 is 12.2 Å². The molecule has 0 radical (unpaired) electrons. The van der Waals surface area contributed by atoms with E-state index in [0.29, 0.717) is 0 Å². The van der Waals surface area contributed by atoms with Crippen molar-refractivity contribution in [3.63, 3.8) is 0 Å². The van der Waals surface area contributed by atoms with E-state index in [1.54, 1.807) is 11.0 Å². The fourth-order valence-electron chi connectivity index (χ4n) is 1.31. The Morgan fingerprint density at radius 2 is 2.00 bits per heavy atom. The summed E-state index contributed by atoms with van der Waals surface area (Å²) < 4.78 is 4.39. The molecule has 3 nitrogen and oxygen atoms in total. The fraction of sp³-hybridized carbons (Fsp3) is 0.200. The number of nitrogens with zero attached hydrogens (tertiary/aromatic N) is 3. The second-order valence-electron chi connectivity index (χ2n) is 3.15. The van der Waals surface area contributed by atoms with E-state index in [1.165, 1.54) is 5.56 Å². The van der Waals surface area contributed by atoms with Crippen LogP contribution in [0.3, 0.4) is 0 Å². The van der Waals surface area contributed by atoms with Gasteiger partial charge in [-0.25, -0.2) is 4.68 Å². The Balaban J connectivity index is 2.28. The number of aryl methyl sites for hydroxylation is 1. The molecule has 2 rings (SSSR count). The number of hydrogen-bond acceptors (Lipinski definition) is 2. The summed E-state index contributed by atoms with van der Waals surface area (Å²) in [5.41, 5.74) is 1.23. The zero-order valence-corrected chi connectivity index (χ0v) is 8.74. The van der Waals surface area contributed by atoms with Crippen molar-refractivity contribution in [2.45, 2.75) is 6.54 Å². The van der Waals surface area contributed by atoms with E-state index >= 15 is 0 Å². The van der Waals surface area contributed by atoms with Gasteiger partial charge in [-0.15, -0.1) is 0 Å². The molecule has 0 fully saturated rings. The van der Waals surface area contributed by atoms with Crippen molar-refractivity contribution in [2.75, 3.05) is 0 Å². The van der Waals surface area contributed by atoms with Crippen LogP contribution in [0.5, 0.6) is 0 Å². The highest BCUT2D eigenvalue weighted by atomic mass is 32.1. The third-order valence-electron chi connectivity index (χ3n) is 2.08. The lowest BCUT2D eigenvalue weighted by molar-refractivity contribution is 0.722. The van der Waals surface area contributed by atoms with E-state index < -0.39 is 0 Å². The first-order valence-corrected chi connectivity index (χ1v) is 4.80. The first-order valence-electron chi connectivity index (χ1n) is 4.40. The maximum Gasteiger partial charge on any atom is 0.197 e. The molecule has 0 saturated heterocycles. The van der Waals surface area contributed by atoms with E-state index in [9.17, 15) is 0 Å². The molecule has 72 valence electrons. The van der Waals surface area contributed by atoms with Crippen LogP contribution in [0.1, 0.15) is 5.56 Å². The fourth-order valence-corrected chi connectivity index (χ4v) is 1.47. The molecule has 0 unspecified atom stereocenters. The van der Waals surface area contributed by atoms with E-state index in [1.807, 2.05) is 29.8 Å². The quantitative estimate of drug-likeness (QED) is 0.700. The Morgan fingerprint density at radius 1 is 1.29 bits per heavy atom. The summed E-state index contributed by atoms with van der Waals surface area (Å²) in [6, 6.07) is 10.2. The molecule has 14 heavy (non-hydrogen) atoms. The SMILES string of the molecule is Cn1ncn(Cc2ccccc2)c1=S. The van der Waals surface area contributed by atoms with Gasteiger partial charge in [0.15, 0.2) is 4.77 Å². The molecule has 1 aromatic carbocycles. The predicted molar refractivity (Wildman–Crippen MR) is 57.6 cm³/mol. The Hall–Kier alpha value is -1.42. The molecule has 0 bridgehead atoms. The van der Waals surface area contributed by atoms with E-state index in [4.69, 9.17) is 12.2 Å². The first kappa shape index (κ1) is 9.15. The molecule has 1 aromatic heterocycles. The number of benzene rings is 1. The maximum atomic E-state index is 5.19. The summed E-state index contributed by atoms with van der Waals surface area (Å²) >= 11 is 5.19. The minimum absolute atomic E-state index is 0.744. The van der Waals surface area contributed by atoms with Gasteiger partial charge >= 0.3 is 0 Å². The van der Waals surface area contributed by atoms with Crippen LogP contribution in [0.15, 0.2) is 36.7 Å². The van der Waals surface area contributed by atoms with Crippen LogP contribution in [0.25, 0.3) is 0 Å².